The monoisotopic (exact) mass is 371 g/mol. The van der Waals surface area contributed by atoms with Crippen molar-refractivity contribution < 1.29 is 0 Å². The van der Waals surface area contributed by atoms with Crippen LogP contribution in [0.4, 0.5) is 5.82 Å². The molecule has 0 amide bonds. The minimum atomic E-state index is 0.510. The van der Waals surface area contributed by atoms with Crippen molar-refractivity contribution in [2.24, 2.45) is 0 Å². The van der Waals surface area contributed by atoms with Gasteiger partial charge in [0, 0.05) is 33.3 Å². The fourth-order valence-electron chi connectivity index (χ4n) is 2.14. The van der Waals surface area contributed by atoms with Gasteiger partial charge in [0.2, 0.25) is 0 Å². The summed E-state index contributed by atoms with van der Waals surface area (Å²) in [4.78, 5) is 12.6. The summed E-state index contributed by atoms with van der Waals surface area (Å²) in [7, 11) is 2.05. The predicted molar refractivity (Wildman–Crippen MR) is 87.9 cm³/mol. The average Bonchev–Trinajstić information content (AvgIpc) is 3.17. The molecule has 0 saturated heterocycles. The molecule has 1 aliphatic carbocycles. The van der Waals surface area contributed by atoms with E-state index in [2.05, 4.69) is 44.3 Å². The van der Waals surface area contributed by atoms with Gasteiger partial charge in [-0.2, -0.15) is 0 Å². The molecule has 1 saturated carbocycles. The van der Waals surface area contributed by atoms with Crippen molar-refractivity contribution in [1.82, 2.24) is 9.97 Å². The summed E-state index contributed by atoms with van der Waals surface area (Å²) in [5.74, 6) is 2.35. The standard InChI is InChI=1S/C14H15BrClN3S/c1-8-12(16)17-13(9-3-4-9)18-14(8)19(2)6-11-5-10(15)7-20-11/h5,7,9H,3-4,6H2,1-2H3. The molecule has 0 atom stereocenters. The van der Waals surface area contributed by atoms with Crippen LogP contribution in [0.1, 0.15) is 35.0 Å². The maximum Gasteiger partial charge on any atom is 0.137 e. The van der Waals surface area contributed by atoms with E-state index in [4.69, 9.17) is 16.6 Å². The van der Waals surface area contributed by atoms with Crippen molar-refractivity contribution in [1.29, 1.82) is 0 Å². The lowest BCUT2D eigenvalue weighted by Gasteiger charge is -2.20. The minimum Gasteiger partial charge on any atom is -0.354 e. The Labute approximate surface area is 136 Å². The number of thiophene rings is 1. The van der Waals surface area contributed by atoms with Crippen LogP contribution in [0.2, 0.25) is 5.15 Å². The summed E-state index contributed by atoms with van der Waals surface area (Å²) >= 11 is 11.5. The first-order chi connectivity index (χ1) is 9.54. The molecule has 2 aromatic heterocycles. The molecule has 0 radical (unpaired) electrons. The number of hydrogen-bond donors (Lipinski definition) is 0. The van der Waals surface area contributed by atoms with E-state index in [1.807, 2.05) is 6.92 Å². The highest BCUT2D eigenvalue weighted by atomic mass is 79.9. The normalized spacial score (nSPS) is 14.6. The van der Waals surface area contributed by atoms with Gasteiger partial charge in [-0.1, -0.05) is 11.6 Å². The molecule has 3 rings (SSSR count). The molecule has 0 aromatic carbocycles. The molecule has 0 aliphatic heterocycles. The van der Waals surface area contributed by atoms with Gasteiger partial charge in [0.15, 0.2) is 0 Å². The van der Waals surface area contributed by atoms with Crippen molar-refractivity contribution >= 4 is 44.7 Å². The summed E-state index contributed by atoms with van der Waals surface area (Å²) in [6.45, 7) is 2.81. The van der Waals surface area contributed by atoms with Gasteiger partial charge in [0.25, 0.3) is 0 Å². The van der Waals surface area contributed by atoms with Gasteiger partial charge < -0.3 is 4.90 Å². The second kappa shape index (κ2) is 5.62. The van der Waals surface area contributed by atoms with Gasteiger partial charge in [-0.3, -0.25) is 0 Å². The number of rotatable bonds is 4. The molecular weight excluding hydrogens is 358 g/mol. The van der Waals surface area contributed by atoms with E-state index in [1.54, 1.807) is 11.3 Å². The molecule has 2 heterocycles. The first-order valence-electron chi connectivity index (χ1n) is 6.52. The number of anilines is 1. The van der Waals surface area contributed by atoms with Gasteiger partial charge in [-0.05, 0) is 41.8 Å². The van der Waals surface area contributed by atoms with Crippen LogP contribution in [0.3, 0.4) is 0 Å². The van der Waals surface area contributed by atoms with Crippen LogP contribution in [0.25, 0.3) is 0 Å². The molecular formula is C14H15BrClN3S. The summed E-state index contributed by atoms with van der Waals surface area (Å²) < 4.78 is 1.13. The van der Waals surface area contributed by atoms with Crippen molar-refractivity contribution in [2.75, 3.05) is 11.9 Å². The maximum absolute atomic E-state index is 6.26. The molecule has 20 heavy (non-hydrogen) atoms. The third kappa shape index (κ3) is 3.00. The minimum absolute atomic E-state index is 0.510. The quantitative estimate of drug-likeness (QED) is 0.723. The van der Waals surface area contributed by atoms with Crippen LogP contribution in [0.5, 0.6) is 0 Å². The van der Waals surface area contributed by atoms with E-state index < -0.39 is 0 Å². The average molecular weight is 373 g/mol. The summed E-state index contributed by atoms with van der Waals surface area (Å²) in [5, 5.41) is 2.68. The topological polar surface area (TPSA) is 29.0 Å². The molecule has 0 spiro atoms. The van der Waals surface area contributed by atoms with E-state index in [-0.39, 0.29) is 0 Å². The Morgan fingerprint density at radius 3 is 2.80 bits per heavy atom. The Morgan fingerprint density at radius 1 is 1.45 bits per heavy atom. The van der Waals surface area contributed by atoms with E-state index in [0.29, 0.717) is 11.1 Å². The van der Waals surface area contributed by atoms with Gasteiger partial charge in [-0.25, -0.2) is 9.97 Å². The Balaban J connectivity index is 1.87. The lowest BCUT2D eigenvalue weighted by Crippen LogP contribution is -2.19. The van der Waals surface area contributed by atoms with Gasteiger partial charge >= 0.3 is 0 Å². The second-order valence-corrected chi connectivity index (χ2v) is 7.45. The van der Waals surface area contributed by atoms with Crippen molar-refractivity contribution in [3.8, 4) is 0 Å². The second-order valence-electron chi connectivity index (χ2n) is 5.18. The SMILES string of the molecule is Cc1c(Cl)nc(C2CC2)nc1N(C)Cc1cc(Br)cs1. The number of hydrogen-bond acceptors (Lipinski definition) is 4. The first kappa shape index (κ1) is 14.3. The highest BCUT2D eigenvalue weighted by molar-refractivity contribution is 9.10. The van der Waals surface area contributed by atoms with E-state index >= 15 is 0 Å². The molecule has 6 heteroatoms. The third-order valence-electron chi connectivity index (χ3n) is 3.40. The number of halogens is 2. The summed E-state index contributed by atoms with van der Waals surface area (Å²) in [6, 6.07) is 2.14. The van der Waals surface area contributed by atoms with Crippen LogP contribution in [0.15, 0.2) is 15.9 Å². The van der Waals surface area contributed by atoms with Crippen LogP contribution < -0.4 is 4.90 Å². The molecule has 0 bridgehead atoms. The molecule has 106 valence electrons. The molecule has 0 N–H and O–H groups in total. The molecule has 1 fully saturated rings. The van der Waals surface area contributed by atoms with Crippen LogP contribution in [0, 0.1) is 6.92 Å². The molecule has 2 aromatic rings. The highest BCUT2D eigenvalue weighted by Gasteiger charge is 2.28. The lowest BCUT2D eigenvalue weighted by molar-refractivity contribution is 0.851. The zero-order valence-electron chi connectivity index (χ0n) is 11.4. The van der Waals surface area contributed by atoms with Gasteiger partial charge in [-0.15, -0.1) is 11.3 Å². The Morgan fingerprint density at radius 2 is 2.20 bits per heavy atom. The predicted octanol–water partition coefficient (Wildman–Crippen LogP) is 4.78. The zero-order chi connectivity index (χ0) is 14.3. The van der Waals surface area contributed by atoms with Crippen molar-refractivity contribution in [3.63, 3.8) is 0 Å². The molecule has 1 aliphatic rings. The van der Waals surface area contributed by atoms with E-state index in [9.17, 15) is 0 Å². The Kier molecular flexibility index (Phi) is 4.02. The van der Waals surface area contributed by atoms with Crippen molar-refractivity contribution in [2.45, 2.75) is 32.2 Å². The highest BCUT2D eigenvalue weighted by Crippen LogP contribution is 2.40. The van der Waals surface area contributed by atoms with E-state index in [0.717, 1.165) is 28.2 Å². The molecule has 3 nitrogen and oxygen atoms in total. The van der Waals surface area contributed by atoms with Crippen LogP contribution >= 0.6 is 38.9 Å². The summed E-state index contributed by atoms with van der Waals surface area (Å²) in [6.07, 6.45) is 2.36. The largest absolute Gasteiger partial charge is 0.354 e. The molecule has 0 unspecified atom stereocenters. The lowest BCUT2D eigenvalue weighted by atomic mass is 10.3. The van der Waals surface area contributed by atoms with Gasteiger partial charge in [0.05, 0.1) is 6.54 Å². The first-order valence-corrected chi connectivity index (χ1v) is 8.57. The Hall–Kier alpha value is -0.650. The smallest absolute Gasteiger partial charge is 0.137 e. The third-order valence-corrected chi connectivity index (χ3v) is 5.45. The Bertz CT molecular complexity index is 639. The van der Waals surface area contributed by atoms with Crippen LogP contribution in [-0.4, -0.2) is 17.0 Å². The fourth-order valence-corrected chi connectivity index (χ4v) is 3.81. The maximum atomic E-state index is 6.26. The number of aromatic nitrogens is 2. The fraction of sp³-hybridized carbons (Fsp3) is 0.429. The van der Waals surface area contributed by atoms with Gasteiger partial charge in [0.1, 0.15) is 16.8 Å². The number of nitrogens with zero attached hydrogens (tertiary/aromatic N) is 3. The van der Waals surface area contributed by atoms with Crippen LogP contribution in [-0.2, 0) is 6.54 Å². The summed E-state index contributed by atoms with van der Waals surface area (Å²) in [5.41, 5.74) is 0.953. The van der Waals surface area contributed by atoms with E-state index in [1.165, 1.54) is 17.7 Å². The van der Waals surface area contributed by atoms with Crippen molar-refractivity contribution in [3.05, 3.63) is 37.3 Å². The zero-order valence-corrected chi connectivity index (χ0v) is 14.5.